The number of benzene rings is 2. The van der Waals surface area contributed by atoms with Gasteiger partial charge in [-0.05, 0) is 75.9 Å². The minimum Gasteiger partial charge on any atom is -0.351 e. The molecular formula is C33H42N8O4S. The molecule has 1 saturated heterocycles. The second-order valence-corrected chi connectivity index (χ2v) is 14.4. The van der Waals surface area contributed by atoms with Crippen molar-refractivity contribution in [1.29, 1.82) is 0 Å². The molecule has 2 aliphatic rings. The lowest BCUT2D eigenvalue weighted by Gasteiger charge is -2.34. The minimum absolute atomic E-state index is 0.0102. The molecule has 13 heteroatoms. The fourth-order valence-electron chi connectivity index (χ4n) is 6.83. The molecule has 244 valence electrons. The maximum absolute atomic E-state index is 14.5. The fraction of sp³-hybridized carbons (Fsp3) is 0.485. The highest BCUT2D eigenvalue weighted by molar-refractivity contribution is 7.89. The third-order valence-corrected chi connectivity index (χ3v) is 11.3. The van der Waals surface area contributed by atoms with E-state index in [0.717, 1.165) is 51.4 Å². The van der Waals surface area contributed by atoms with Crippen LogP contribution in [0.4, 0.5) is 5.69 Å². The molecule has 0 radical (unpaired) electrons. The Balaban J connectivity index is 1.41. The van der Waals surface area contributed by atoms with E-state index in [2.05, 4.69) is 20.7 Å². The molecule has 4 aromatic rings. The van der Waals surface area contributed by atoms with Gasteiger partial charge in [-0.15, -0.1) is 5.10 Å². The average Bonchev–Trinajstić information content (AvgIpc) is 3.61. The van der Waals surface area contributed by atoms with Gasteiger partial charge >= 0.3 is 0 Å². The zero-order valence-electron chi connectivity index (χ0n) is 26.7. The SMILES string of the molecule is Cc1nn(C)cc1[C@@H](C(=O)NC1CCCCC1)N(C(=O)Cn1nnc2ccccc21)c1ccc(S(=O)(=O)N2CCCC[C@H]2C)cc1. The normalized spacial score (nSPS) is 18.8. The second kappa shape index (κ2) is 13.3. The highest BCUT2D eigenvalue weighted by Gasteiger charge is 2.37. The van der Waals surface area contributed by atoms with Gasteiger partial charge in [-0.1, -0.05) is 43.0 Å². The Morgan fingerprint density at radius 2 is 1.72 bits per heavy atom. The van der Waals surface area contributed by atoms with Gasteiger partial charge in [0.15, 0.2) is 0 Å². The number of rotatable bonds is 9. The van der Waals surface area contributed by atoms with Crippen molar-refractivity contribution in [2.75, 3.05) is 11.4 Å². The van der Waals surface area contributed by atoms with Gasteiger partial charge in [0, 0.05) is 43.1 Å². The van der Waals surface area contributed by atoms with Crippen molar-refractivity contribution in [2.24, 2.45) is 7.05 Å². The smallest absolute Gasteiger partial charge is 0.249 e. The molecule has 2 aromatic heterocycles. The largest absolute Gasteiger partial charge is 0.351 e. The molecule has 2 fully saturated rings. The van der Waals surface area contributed by atoms with E-state index in [1.165, 1.54) is 21.7 Å². The van der Waals surface area contributed by atoms with Gasteiger partial charge in [0.25, 0.3) is 0 Å². The van der Waals surface area contributed by atoms with Crippen LogP contribution < -0.4 is 10.2 Å². The molecule has 1 aliphatic heterocycles. The summed E-state index contributed by atoms with van der Waals surface area (Å²) in [5.74, 6) is -0.707. The highest BCUT2D eigenvalue weighted by Crippen LogP contribution is 2.33. The molecule has 3 heterocycles. The topological polar surface area (TPSA) is 135 Å². The third-order valence-electron chi connectivity index (χ3n) is 9.24. The maximum Gasteiger partial charge on any atom is 0.249 e. The zero-order chi connectivity index (χ0) is 32.4. The summed E-state index contributed by atoms with van der Waals surface area (Å²) < 4.78 is 32.0. The Morgan fingerprint density at radius 3 is 2.41 bits per heavy atom. The predicted octanol–water partition coefficient (Wildman–Crippen LogP) is 4.26. The summed E-state index contributed by atoms with van der Waals surface area (Å²) in [5, 5.41) is 16.2. The number of para-hydroxylation sites is 1. The monoisotopic (exact) mass is 646 g/mol. The van der Waals surface area contributed by atoms with Crippen molar-refractivity contribution < 1.29 is 18.0 Å². The number of aromatic nitrogens is 5. The summed E-state index contributed by atoms with van der Waals surface area (Å²) in [6.45, 7) is 4.05. The maximum atomic E-state index is 14.5. The Labute approximate surface area is 269 Å². The van der Waals surface area contributed by atoms with Crippen molar-refractivity contribution in [3.8, 4) is 0 Å². The van der Waals surface area contributed by atoms with Crippen molar-refractivity contribution in [3.63, 3.8) is 0 Å². The number of nitrogens with zero attached hydrogens (tertiary/aromatic N) is 7. The first-order valence-electron chi connectivity index (χ1n) is 16.2. The summed E-state index contributed by atoms with van der Waals surface area (Å²) in [6.07, 6.45) is 9.38. The van der Waals surface area contributed by atoms with Gasteiger partial charge in [0.05, 0.1) is 16.1 Å². The van der Waals surface area contributed by atoms with Crippen molar-refractivity contribution in [2.45, 2.75) is 94.8 Å². The van der Waals surface area contributed by atoms with Crippen LogP contribution in [-0.4, -0.2) is 67.9 Å². The van der Waals surface area contributed by atoms with E-state index < -0.39 is 22.0 Å². The summed E-state index contributed by atoms with van der Waals surface area (Å²) in [5.41, 5.74) is 2.94. The number of fused-ring (bicyclic) bond motifs is 1. The van der Waals surface area contributed by atoms with E-state index in [9.17, 15) is 18.0 Å². The lowest BCUT2D eigenvalue weighted by Crippen LogP contribution is -2.48. The van der Waals surface area contributed by atoms with E-state index in [1.807, 2.05) is 38.1 Å². The van der Waals surface area contributed by atoms with Crippen LogP contribution in [0.3, 0.4) is 0 Å². The Kier molecular flexibility index (Phi) is 9.23. The molecule has 1 N–H and O–H groups in total. The third kappa shape index (κ3) is 6.43. The molecule has 12 nitrogen and oxygen atoms in total. The zero-order valence-corrected chi connectivity index (χ0v) is 27.5. The van der Waals surface area contributed by atoms with Gasteiger partial charge in [-0.2, -0.15) is 9.40 Å². The minimum atomic E-state index is -3.74. The number of sulfonamides is 1. The van der Waals surface area contributed by atoms with Gasteiger partial charge in [0.1, 0.15) is 18.1 Å². The van der Waals surface area contributed by atoms with Gasteiger partial charge < -0.3 is 5.32 Å². The average molecular weight is 647 g/mol. The van der Waals surface area contributed by atoms with Crippen molar-refractivity contribution >= 4 is 38.6 Å². The fourth-order valence-corrected chi connectivity index (χ4v) is 8.53. The van der Waals surface area contributed by atoms with Crippen LogP contribution in [0.25, 0.3) is 11.0 Å². The Morgan fingerprint density at radius 1 is 1.00 bits per heavy atom. The molecule has 0 spiro atoms. The number of carbonyl (C=O) groups is 2. The van der Waals surface area contributed by atoms with Crippen LogP contribution in [-0.2, 0) is 33.2 Å². The summed E-state index contributed by atoms with van der Waals surface area (Å²) in [6, 6.07) is 12.5. The van der Waals surface area contributed by atoms with Crippen molar-refractivity contribution in [3.05, 3.63) is 66.0 Å². The highest BCUT2D eigenvalue weighted by atomic mass is 32.2. The van der Waals surface area contributed by atoms with Gasteiger partial charge in [-0.3, -0.25) is 19.2 Å². The summed E-state index contributed by atoms with van der Waals surface area (Å²) in [7, 11) is -1.96. The quantitative estimate of drug-likeness (QED) is 0.287. The molecule has 46 heavy (non-hydrogen) atoms. The first-order valence-corrected chi connectivity index (χ1v) is 17.6. The van der Waals surface area contributed by atoms with Gasteiger partial charge in [-0.25, -0.2) is 13.1 Å². The van der Waals surface area contributed by atoms with Crippen LogP contribution in [0.5, 0.6) is 0 Å². The van der Waals surface area contributed by atoms with Crippen LogP contribution in [0.1, 0.15) is 75.6 Å². The molecule has 0 bridgehead atoms. The number of hydrogen-bond acceptors (Lipinski definition) is 7. The predicted molar refractivity (Wildman–Crippen MR) is 174 cm³/mol. The lowest BCUT2D eigenvalue weighted by atomic mass is 9.94. The van der Waals surface area contributed by atoms with E-state index >= 15 is 0 Å². The molecule has 6 rings (SSSR count). The van der Waals surface area contributed by atoms with Gasteiger partial charge in [0.2, 0.25) is 21.8 Å². The number of amides is 2. The molecule has 2 amide bonds. The van der Waals surface area contributed by atoms with Crippen LogP contribution in [0.2, 0.25) is 0 Å². The summed E-state index contributed by atoms with van der Waals surface area (Å²) >= 11 is 0. The van der Waals surface area contributed by atoms with E-state index in [1.54, 1.807) is 34.4 Å². The molecule has 1 saturated carbocycles. The molecule has 2 atom stereocenters. The number of piperidine rings is 1. The first-order chi connectivity index (χ1) is 22.1. The number of aryl methyl sites for hydroxylation is 2. The summed E-state index contributed by atoms with van der Waals surface area (Å²) in [4.78, 5) is 30.4. The number of carbonyl (C=O) groups excluding carboxylic acids is 2. The number of hydrogen-bond donors (Lipinski definition) is 1. The Hall–Kier alpha value is -4.10. The Bertz CT molecular complexity index is 1810. The molecular weight excluding hydrogens is 604 g/mol. The standard InChI is InChI=1S/C33H42N8O4S/c1-23-11-9-10-20-40(23)46(44,45)27-18-16-26(17-19-27)41(31(42)22-39-30-15-8-7-14-29(30)35-37-39)32(28-21-38(3)36-24(28)2)33(43)34-25-12-5-4-6-13-25/h7-8,14-19,21,23,25,32H,4-6,9-13,20,22H2,1-3H3,(H,34,43)/t23-,32+/m1/s1. The molecule has 1 aliphatic carbocycles. The van der Waals surface area contributed by atoms with Crippen LogP contribution >= 0.6 is 0 Å². The van der Waals surface area contributed by atoms with Crippen LogP contribution in [0, 0.1) is 6.92 Å². The molecule has 2 aromatic carbocycles. The second-order valence-electron chi connectivity index (χ2n) is 12.5. The molecule has 0 unspecified atom stereocenters. The van der Waals surface area contributed by atoms with E-state index in [0.29, 0.717) is 34.5 Å². The lowest BCUT2D eigenvalue weighted by molar-refractivity contribution is -0.127. The van der Waals surface area contributed by atoms with E-state index in [-0.39, 0.29) is 29.4 Å². The van der Waals surface area contributed by atoms with E-state index in [4.69, 9.17) is 0 Å². The van der Waals surface area contributed by atoms with Crippen LogP contribution in [0.15, 0.2) is 59.6 Å². The van der Waals surface area contributed by atoms with Crippen molar-refractivity contribution in [1.82, 2.24) is 34.4 Å². The number of anilines is 1. The number of nitrogens with one attached hydrogen (secondary N) is 1. The first kappa shape index (κ1) is 31.9.